The third kappa shape index (κ3) is 7.23. The van der Waals surface area contributed by atoms with Crippen LogP contribution in [0.5, 0.6) is 0 Å². The van der Waals surface area contributed by atoms with E-state index in [0.717, 1.165) is 63.9 Å². The lowest BCUT2D eigenvalue weighted by atomic mass is 9.88. The fourth-order valence-electron chi connectivity index (χ4n) is 5.35. The largest absolute Gasteiger partial charge is 0.372 e. The number of piperidine rings is 1. The standard InChI is InChI=1S/C26H41N5O.HI/c1-20-12-15-30(16-13-20)24-10-8-21(9-11-24)18-28-26(27-2)29-23-14-17-31(19-23)25(32)22-6-4-3-5-7-22;/h8-11,20,22-23H,3-7,12-19H2,1-2H3,(H2,27,28,29);1H. The summed E-state index contributed by atoms with van der Waals surface area (Å²) in [7, 11) is 1.82. The molecule has 0 bridgehead atoms. The van der Waals surface area contributed by atoms with Crippen LogP contribution in [0.2, 0.25) is 0 Å². The lowest BCUT2D eigenvalue weighted by Crippen LogP contribution is -2.45. The lowest BCUT2D eigenvalue weighted by Gasteiger charge is -2.32. The third-order valence-corrected chi connectivity index (χ3v) is 7.56. The normalized spacial score (nSPS) is 22.7. The summed E-state index contributed by atoms with van der Waals surface area (Å²) in [6, 6.07) is 9.20. The predicted molar refractivity (Wildman–Crippen MR) is 147 cm³/mol. The zero-order chi connectivity index (χ0) is 22.3. The number of carbonyl (C=O) groups is 1. The van der Waals surface area contributed by atoms with E-state index in [1.165, 1.54) is 43.4 Å². The van der Waals surface area contributed by atoms with Crippen LogP contribution in [0.25, 0.3) is 0 Å². The van der Waals surface area contributed by atoms with Gasteiger partial charge in [0.05, 0.1) is 0 Å². The van der Waals surface area contributed by atoms with Crippen LogP contribution in [0.3, 0.4) is 0 Å². The van der Waals surface area contributed by atoms with Crippen molar-refractivity contribution in [2.75, 3.05) is 38.1 Å². The predicted octanol–water partition coefficient (Wildman–Crippen LogP) is 4.39. The first-order chi connectivity index (χ1) is 15.6. The highest BCUT2D eigenvalue weighted by Gasteiger charge is 2.31. The molecule has 0 spiro atoms. The summed E-state index contributed by atoms with van der Waals surface area (Å²) in [5, 5.41) is 6.97. The van der Waals surface area contributed by atoms with E-state index in [-0.39, 0.29) is 35.9 Å². The van der Waals surface area contributed by atoms with Crippen molar-refractivity contribution in [3.63, 3.8) is 0 Å². The van der Waals surface area contributed by atoms with E-state index in [2.05, 4.69) is 56.6 Å². The van der Waals surface area contributed by atoms with Crippen LogP contribution in [0.4, 0.5) is 5.69 Å². The number of hydrogen-bond acceptors (Lipinski definition) is 3. The lowest BCUT2D eigenvalue weighted by molar-refractivity contribution is -0.135. The molecular weight excluding hydrogens is 525 g/mol. The van der Waals surface area contributed by atoms with Crippen LogP contribution in [0.15, 0.2) is 29.3 Å². The molecule has 184 valence electrons. The topological polar surface area (TPSA) is 60.0 Å². The minimum atomic E-state index is 0. The first-order valence-corrected chi connectivity index (χ1v) is 12.7. The number of rotatable bonds is 5. The highest BCUT2D eigenvalue weighted by molar-refractivity contribution is 14.0. The number of likely N-dealkylation sites (tertiary alicyclic amines) is 1. The number of anilines is 1. The Hall–Kier alpha value is -1.51. The molecule has 4 rings (SSSR count). The number of carbonyl (C=O) groups excluding carboxylic acids is 1. The highest BCUT2D eigenvalue weighted by atomic mass is 127. The van der Waals surface area contributed by atoms with E-state index < -0.39 is 0 Å². The summed E-state index contributed by atoms with van der Waals surface area (Å²) in [5.74, 6) is 2.30. The number of aliphatic imine (C=N–C) groups is 1. The van der Waals surface area contributed by atoms with Gasteiger partial charge >= 0.3 is 0 Å². The van der Waals surface area contributed by atoms with E-state index in [1.807, 2.05) is 7.05 Å². The molecule has 7 heteroatoms. The van der Waals surface area contributed by atoms with Crippen molar-refractivity contribution in [2.45, 2.75) is 70.9 Å². The van der Waals surface area contributed by atoms with Crippen molar-refractivity contribution >= 4 is 41.5 Å². The Morgan fingerprint density at radius 1 is 1.00 bits per heavy atom. The minimum Gasteiger partial charge on any atom is -0.372 e. The number of amides is 1. The van der Waals surface area contributed by atoms with Crippen molar-refractivity contribution in [3.05, 3.63) is 29.8 Å². The molecule has 0 radical (unpaired) electrons. The monoisotopic (exact) mass is 567 g/mol. The number of nitrogens with zero attached hydrogens (tertiary/aromatic N) is 3. The summed E-state index contributed by atoms with van der Waals surface area (Å²) >= 11 is 0. The second-order valence-corrected chi connectivity index (χ2v) is 10.0. The molecule has 2 aliphatic heterocycles. The molecule has 0 aromatic heterocycles. The molecule has 1 aliphatic carbocycles. The minimum absolute atomic E-state index is 0. The average Bonchev–Trinajstić information content (AvgIpc) is 3.31. The molecule has 33 heavy (non-hydrogen) atoms. The second-order valence-electron chi connectivity index (χ2n) is 10.0. The summed E-state index contributed by atoms with van der Waals surface area (Å²) in [5.41, 5.74) is 2.58. The van der Waals surface area contributed by atoms with Gasteiger partial charge in [-0.3, -0.25) is 9.79 Å². The quantitative estimate of drug-likeness (QED) is 0.315. The van der Waals surface area contributed by atoms with Crippen LogP contribution >= 0.6 is 24.0 Å². The average molecular weight is 568 g/mol. The van der Waals surface area contributed by atoms with Gasteiger partial charge < -0.3 is 20.4 Å². The number of guanidine groups is 1. The van der Waals surface area contributed by atoms with Crippen molar-refractivity contribution in [1.82, 2.24) is 15.5 Å². The molecule has 1 aromatic rings. The van der Waals surface area contributed by atoms with E-state index in [1.54, 1.807) is 0 Å². The molecule has 3 aliphatic rings. The first-order valence-electron chi connectivity index (χ1n) is 12.7. The van der Waals surface area contributed by atoms with E-state index in [4.69, 9.17) is 0 Å². The fourth-order valence-corrected chi connectivity index (χ4v) is 5.35. The van der Waals surface area contributed by atoms with Gasteiger partial charge in [0, 0.05) is 57.4 Å². The molecular formula is C26H42IN5O. The molecule has 2 saturated heterocycles. The van der Waals surface area contributed by atoms with Gasteiger partial charge in [0.15, 0.2) is 5.96 Å². The maximum atomic E-state index is 12.8. The maximum Gasteiger partial charge on any atom is 0.225 e. The molecule has 1 amide bonds. The van der Waals surface area contributed by atoms with E-state index in [9.17, 15) is 4.79 Å². The van der Waals surface area contributed by atoms with Crippen LogP contribution in [-0.4, -0.2) is 56.0 Å². The Labute approximate surface area is 217 Å². The molecule has 1 aromatic carbocycles. The van der Waals surface area contributed by atoms with Crippen molar-refractivity contribution < 1.29 is 4.79 Å². The smallest absolute Gasteiger partial charge is 0.225 e. The molecule has 6 nitrogen and oxygen atoms in total. The zero-order valence-electron chi connectivity index (χ0n) is 20.4. The molecule has 2 heterocycles. The van der Waals surface area contributed by atoms with Gasteiger partial charge in [-0.2, -0.15) is 0 Å². The van der Waals surface area contributed by atoms with Gasteiger partial charge in [-0.15, -0.1) is 24.0 Å². The summed E-state index contributed by atoms with van der Waals surface area (Å²) in [4.78, 5) is 21.8. The highest BCUT2D eigenvalue weighted by Crippen LogP contribution is 2.27. The van der Waals surface area contributed by atoms with Gasteiger partial charge in [-0.1, -0.05) is 38.3 Å². The zero-order valence-corrected chi connectivity index (χ0v) is 22.7. The second kappa shape index (κ2) is 12.8. The SMILES string of the molecule is CN=C(NCc1ccc(N2CCC(C)CC2)cc1)NC1CCN(C(=O)C2CCCCC2)C1.I. The molecule has 1 saturated carbocycles. The summed E-state index contributed by atoms with van der Waals surface area (Å²) in [6.45, 7) is 7.08. The fraction of sp³-hybridized carbons (Fsp3) is 0.692. The van der Waals surface area contributed by atoms with Gasteiger partial charge in [0.1, 0.15) is 0 Å². The van der Waals surface area contributed by atoms with Crippen molar-refractivity contribution in [1.29, 1.82) is 0 Å². The number of halogens is 1. The summed E-state index contributed by atoms with van der Waals surface area (Å²) < 4.78 is 0. The Morgan fingerprint density at radius 2 is 1.70 bits per heavy atom. The number of nitrogens with one attached hydrogen (secondary N) is 2. The molecule has 2 N–H and O–H groups in total. The van der Waals surface area contributed by atoms with Gasteiger partial charge in [-0.25, -0.2) is 0 Å². The molecule has 1 atom stereocenters. The summed E-state index contributed by atoms with van der Waals surface area (Å²) in [6.07, 6.45) is 9.42. The first kappa shape index (κ1) is 26.1. The Bertz CT molecular complexity index is 769. The van der Waals surface area contributed by atoms with E-state index in [0.29, 0.717) is 5.91 Å². The van der Waals surface area contributed by atoms with Gasteiger partial charge in [0.25, 0.3) is 0 Å². The van der Waals surface area contributed by atoms with Gasteiger partial charge in [0.2, 0.25) is 5.91 Å². The van der Waals surface area contributed by atoms with Gasteiger partial charge in [-0.05, 0) is 55.7 Å². The third-order valence-electron chi connectivity index (χ3n) is 7.56. The van der Waals surface area contributed by atoms with E-state index >= 15 is 0 Å². The molecule has 3 fully saturated rings. The van der Waals surface area contributed by atoms with Crippen molar-refractivity contribution in [3.8, 4) is 0 Å². The van der Waals surface area contributed by atoms with Crippen LogP contribution < -0.4 is 15.5 Å². The van der Waals surface area contributed by atoms with Crippen LogP contribution in [0, 0.1) is 11.8 Å². The molecule has 1 unspecified atom stereocenters. The number of benzene rings is 1. The number of hydrogen-bond donors (Lipinski definition) is 2. The van der Waals surface area contributed by atoms with Crippen LogP contribution in [0.1, 0.15) is 63.9 Å². The van der Waals surface area contributed by atoms with Crippen molar-refractivity contribution in [2.24, 2.45) is 16.8 Å². The van der Waals surface area contributed by atoms with Crippen LogP contribution in [-0.2, 0) is 11.3 Å². The Kier molecular flexibility index (Phi) is 10.1. The maximum absolute atomic E-state index is 12.8. The Morgan fingerprint density at radius 3 is 2.36 bits per heavy atom. The Balaban J connectivity index is 0.00000306.